The number of carbonyl (C=O) groups excluding carboxylic acids is 1. The summed E-state index contributed by atoms with van der Waals surface area (Å²) >= 11 is 1.46. The van der Waals surface area contributed by atoms with Gasteiger partial charge < -0.3 is 4.90 Å². The molecule has 0 radical (unpaired) electrons. The van der Waals surface area contributed by atoms with Gasteiger partial charge in [0.05, 0.1) is 18.3 Å². The second kappa shape index (κ2) is 6.52. The summed E-state index contributed by atoms with van der Waals surface area (Å²) in [7, 11) is 0. The van der Waals surface area contributed by atoms with E-state index in [1.165, 1.54) is 11.3 Å². The molecule has 7 heteroatoms. The van der Waals surface area contributed by atoms with Crippen LogP contribution in [0, 0.1) is 0 Å². The molecule has 1 amide bonds. The Morgan fingerprint density at radius 1 is 1.29 bits per heavy atom. The smallest absolute Gasteiger partial charge is 0.273 e. The molecule has 122 valence electrons. The van der Waals surface area contributed by atoms with Crippen molar-refractivity contribution >= 4 is 17.2 Å². The average Bonchev–Trinajstić information content (AvgIpc) is 3.37. The number of rotatable bonds is 4. The predicted molar refractivity (Wildman–Crippen MR) is 91.6 cm³/mol. The summed E-state index contributed by atoms with van der Waals surface area (Å²) in [6, 6.07) is 7.78. The van der Waals surface area contributed by atoms with E-state index in [9.17, 15) is 4.79 Å². The predicted octanol–water partition coefficient (Wildman–Crippen LogP) is 2.71. The molecule has 0 N–H and O–H groups in total. The second-order valence-electron chi connectivity index (χ2n) is 5.78. The highest BCUT2D eigenvalue weighted by atomic mass is 32.1. The maximum Gasteiger partial charge on any atom is 0.273 e. The van der Waals surface area contributed by atoms with E-state index < -0.39 is 0 Å². The number of aromatic nitrogens is 4. The summed E-state index contributed by atoms with van der Waals surface area (Å²) in [4.78, 5) is 23.6. The van der Waals surface area contributed by atoms with E-state index in [0.717, 1.165) is 36.6 Å². The Bertz CT molecular complexity index is 815. The van der Waals surface area contributed by atoms with Crippen molar-refractivity contribution in [1.29, 1.82) is 0 Å². The van der Waals surface area contributed by atoms with Crippen LogP contribution in [0.1, 0.15) is 23.3 Å². The quantitative estimate of drug-likeness (QED) is 0.733. The zero-order chi connectivity index (χ0) is 16.4. The SMILES string of the molecule is O=C(c1csc(-c2ccccn2)n1)N1CCC[C@@H]1Cn1cccn1. The highest BCUT2D eigenvalue weighted by molar-refractivity contribution is 7.13. The molecular weight excluding hydrogens is 322 g/mol. The van der Waals surface area contributed by atoms with Gasteiger partial charge in [0.15, 0.2) is 0 Å². The molecule has 6 nitrogen and oxygen atoms in total. The van der Waals surface area contributed by atoms with Gasteiger partial charge in [0.2, 0.25) is 0 Å². The van der Waals surface area contributed by atoms with Gasteiger partial charge in [-0.25, -0.2) is 4.98 Å². The minimum absolute atomic E-state index is 0.00286. The fourth-order valence-corrected chi connectivity index (χ4v) is 3.81. The number of amides is 1. The standard InChI is InChI=1S/C17H17N5OS/c23-17(15-12-24-16(20-15)14-6-1-2-7-18-14)22-10-3-5-13(22)11-21-9-4-8-19-21/h1-2,4,6-9,12-13H,3,5,10-11H2/t13-/m1/s1. The maximum absolute atomic E-state index is 12.9. The minimum Gasteiger partial charge on any atom is -0.332 e. The number of carbonyl (C=O) groups is 1. The van der Waals surface area contributed by atoms with Crippen molar-refractivity contribution in [3.05, 3.63) is 53.9 Å². The first kappa shape index (κ1) is 15.0. The number of likely N-dealkylation sites (tertiary alicyclic amines) is 1. The van der Waals surface area contributed by atoms with Gasteiger partial charge >= 0.3 is 0 Å². The van der Waals surface area contributed by atoms with Crippen LogP contribution in [0.4, 0.5) is 0 Å². The number of thiazole rings is 1. The van der Waals surface area contributed by atoms with Crippen molar-refractivity contribution in [3.63, 3.8) is 0 Å². The lowest BCUT2D eigenvalue weighted by Gasteiger charge is -2.23. The van der Waals surface area contributed by atoms with Gasteiger partial charge in [-0.2, -0.15) is 5.10 Å². The monoisotopic (exact) mass is 339 g/mol. The van der Waals surface area contributed by atoms with Crippen LogP contribution in [0.2, 0.25) is 0 Å². The molecule has 3 aromatic heterocycles. The molecule has 24 heavy (non-hydrogen) atoms. The Morgan fingerprint density at radius 2 is 2.25 bits per heavy atom. The first-order chi connectivity index (χ1) is 11.8. The lowest BCUT2D eigenvalue weighted by atomic mass is 10.2. The molecular formula is C17H17N5OS. The van der Waals surface area contributed by atoms with Crippen molar-refractivity contribution in [2.75, 3.05) is 6.54 Å². The van der Waals surface area contributed by atoms with Crippen molar-refractivity contribution in [1.82, 2.24) is 24.6 Å². The summed E-state index contributed by atoms with van der Waals surface area (Å²) in [5, 5.41) is 6.86. The summed E-state index contributed by atoms with van der Waals surface area (Å²) in [6.07, 6.45) is 7.46. The number of hydrogen-bond donors (Lipinski definition) is 0. The third-order valence-corrected chi connectivity index (χ3v) is 5.07. The van der Waals surface area contributed by atoms with Crippen LogP contribution >= 0.6 is 11.3 Å². The third kappa shape index (κ3) is 2.94. The third-order valence-electron chi connectivity index (χ3n) is 4.20. The average molecular weight is 339 g/mol. The van der Waals surface area contributed by atoms with E-state index in [2.05, 4.69) is 15.1 Å². The molecule has 1 fully saturated rings. The van der Waals surface area contributed by atoms with Crippen LogP contribution in [-0.2, 0) is 6.54 Å². The van der Waals surface area contributed by atoms with Gasteiger partial charge in [-0.1, -0.05) is 6.07 Å². The maximum atomic E-state index is 12.9. The number of nitrogens with zero attached hydrogens (tertiary/aromatic N) is 5. The summed E-state index contributed by atoms with van der Waals surface area (Å²) in [5.74, 6) is 0.00286. The first-order valence-corrected chi connectivity index (χ1v) is 8.84. The highest BCUT2D eigenvalue weighted by Gasteiger charge is 2.31. The molecule has 4 rings (SSSR count). The molecule has 1 atom stereocenters. The van der Waals surface area contributed by atoms with Gasteiger partial charge in [-0.3, -0.25) is 14.5 Å². The van der Waals surface area contributed by atoms with E-state index in [1.807, 2.05) is 45.4 Å². The highest BCUT2D eigenvalue weighted by Crippen LogP contribution is 2.25. The van der Waals surface area contributed by atoms with Crippen molar-refractivity contribution in [2.24, 2.45) is 0 Å². The molecule has 1 saturated heterocycles. The lowest BCUT2D eigenvalue weighted by Crippen LogP contribution is -2.38. The normalized spacial score (nSPS) is 17.3. The first-order valence-electron chi connectivity index (χ1n) is 7.96. The summed E-state index contributed by atoms with van der Waals surface area (Å²) in [6.45, 7) is 1.51. The van der Waals surface area contributed by atoms with Crippen molar-refractivity contribution < 1.29 is 4.79 Å². The van der Waals surface area contributed by atoms with Crippen molar-refractivity contribution in [2.45, 2.75) is 25.4 Å². The molecule has 0 bridgehead atoms. The molecule has 0 aromatic carbocycles. The van der Waals surface area contributed by atoms with E-state index in [1.54, 1.807) is 12.4 Å². The topological polar surface area (TPSA) is 63.9 Å². The van der Waals surface area contributed by atoms with Crippen LogP contribution in [0.5, 0.6) is 0 Å². The minimum atomic E-state index is 0.00286. The fourth-order valence-electron chi connectivity index (χ4n) is 3.04. The van der Waals surface area contributed by atoms with Crippen LogP contribution in [-0.4, -0.2) is 43.1 Å². The van der Waals surface area contributed by atoms with Crippen LogP contribution in [0.25, 0.3) is 10.7 Å². The van der Waals surface area contributed by atoms with Crippen LogP contribution in [0.3, 0.4) is 0 Å². The van der Waals surface area contributed by atoms with E-state index in [4.69, 9.17) is 0 Å². The van der Waals surface area contributed by atoms with Gasteiger partial charge in [0, 0.05) is 30.5 Å². The Kier molecular flexibility index (Phi) is 4.08. The van der Waals surface area contributed by atoms with Crippen LogP contribution < -0.4 is 0 Å². The second-order valence-corrected chi connectivity index (χ2v) is 6.63. The Balaban J connectivity index is 1.52. The van der Waals surface area contributed by atoms with Gasteiger partial charge in [0.25, 0.3) is 5.91 Å². The molecule has 0 unspecified atom stereocenters. The largest absolute Gasteiger partial charge is 0.332 e. The van der Waals surface area contributed by atoms with E-state index in [-0.39, 0.29) is 11.9 Å². The summed E-state index contributed by atoms with van der Waals surface area (Å²) in [5.41, 5.74) is 1.31. The van der Waals surface area contributed by atoms with Gasteiger partial charge in [0.1, 0.15) is 10.7 Å². The Labute approximate surface area is 143 Å². The Morgan fingerprint density at radius 3 is 3.04 bits per heavy atom. The molecule has 1 aliphatic rings. The molecule has 3 aromatic rings. The molecule has 0 aliphatic carbocycles. The van der Waals surface area contributed by atoms with Crippen molar-refractivity contribution in [3.8, 4) is 10.7 Å². The Hall–Kier alpha value is -2.54. The zero-order valence-corrected chi connectivity index (χ0v) is 13.9. The lowest BCUT2D eigenvalue weighted by molar-refractivity contribution is 0.0716. The fraction of sp³-hybridized carbons (Fsp3) is 0.294. The molecule has 1 aliphatic heterocycles. The molecule has 0 saturated carbocycles. The number of hydrogen-bond acceptors (Lipinski definition) is 5. The number of pyridine rings is 1. The van der Waals surface area contributed by atoms with Gasteiger partial charge in [-0.15, -0.1) is 11.3 Å². The van der Waals surface area contributed by atoms with E-state index >= 15 is 0 Å². The summed E-state index contributed by atoms with van der Waals surface area (Å²) < 4.78 is 1.89. The van der Waals surface area contributed by atoms with E-state index in [0.29, 0.717) is 5.69 Å². The van der Waals surface area contributed by atoms with Crippen LogP contribution in [0.15, 0.2) is 48.2 Å². The van der Waals surface area contributed by atoms with Gasteiger partial charge in [-0.05, 0) is 31.0 Å². The molecule has 0 spiro atoms. The molecule has 4 heterocycles. The zero-order valence-electron chi connectivity index (χ0n) is 13.1.